The molecule has 1 aromatic heterocycles. The average molecular weight is 400 g/mol. The number of hydrogen-bond acceptors (Lipinski definition) is 3. The van der Waals surface area contributed by atoms with Gasteiger partial charge in [-0.05, 0) is 24.6 Å². The van der Waals surface area contributed by atoms with Crippen LogP contribution in [0.3, 0.4) is 0 Å². The van der Waals surface area contributed by atoms with E-state index in [-0.39, 0.29) is 6.10 Å². The number of rotatable bonds is 4. The predicted molar refractivity (Wildman–Crippen MR) is 101 cm³/mol. The van der Waals surface area contributed by atoms with Crippen LogP contribution in [0.15, 0.2) is 65.4 Å². The van der Waals surface area contributed by atoms with Crippen LogP contribution in [0.4, 0.5) is 10.6 Å². The Hall–Kier alpha value is -2.60. The van der Waals surface area contributed by atoms with E-state index >= 15 is 0 Å². The molecule has 25 heavy (non-hydrogen) atoms. The second-order valence-electron chi connectivity index (χ2n) is 5.64. The lowest BCUT2D eigenvalue weighted by Crippen LogP contribution is -2.18. The molecule has 5 nitrogen and oxygen atoms in total. The van der Waals surface area contributed by atoms with Gasteiger partial charge in [-0.25, -0.2) is 9.78 Å². The van der Waals surface area contributed by atoms with Crippen molar-refractivity contribution in [3.63, 3.8) is 0 Å². The summed E-state index contributed by atoms with van der Waals surface area (Å²) in [6.07, 6.45) is 0.803. The van der Waals surface area contributed by atoms with Gasteiger partial charge < -0.3 is 9.30 Å². The van der Waals surface area contributed by atoms with Crippen LogP contribution >= 0.6 is 15.9 Å². The summed E-state index contributed by atoms with van der Waals surface area (Å²) in [6.45, 7) is 1.84. The van der Waals surface area contributed by atoms with E-state index in [1.807, 2.05) is 68.6 Å². The van der Waals surface area contributed by atoms with Crippen molar-refractivity contribution >= 4 is 27.8 Å². The normalized spacial score (nSPS) is 11.8. The number of carbonyl (C=O) groups is 1. The molecule has 0 aliphatic heterocycles. The number of aryl methyl sites for hydroxylation is 1. The Kier molecular flexibility index (Phi) is 5.19. The maximum Gasteiger partial charge on any atom is 0.413 e. The molecule has 6 heteroatoms. The van der Waals surface area contributed by atoms with Gasteiger partial charge in [0.15, 0.2) is 0 Å². The average Bonchev–Trinajstić information content (AvgIpc) is 2.97. The molecule has 2 aromatic carbocycles. The highest BCUT2D eigenvalue weighted by molar-refractivity contribution is 9.10. The van der Waals surface area contributed by atoms with Crippen LogP contribution in [0, 0.1) is 0 Å². The maximum absolute atomic E-state index is 12.3. The number of ether oxygens (including phenoxy) is 1. The third kappa shape index (κ3) is 4.09. The van der Waals surface area contributed by atoms with Gasteiger partial charge in [-0.3, -0.25) is 5.32 Å². The van der Waals surface area contributed by atoms with E-state index in [1.165, 1.54) is 0 Å². The summed E-state index contributed by atoms with van der Waals surface area (Å²) in [5, 5.41) is 2.80. The zero-order valence-electron chi connectivity index (χ0n) is 13.9. The molecule has 3 aromatic rings. The number of nitrogens with zero attached hydrogens (tertiary/aromatic N) is 2. The first-order valence-corrected chi connectivity index (χ1v) is 8.63. The summed E-state index contributed by atoms with van der Waals surface area (Å²) < 4.78 is 8.22. The highest BCUT2D eigenvalue weighted by Gasteiger charge is 2.17. The van der Waals surface area contributed by atoms with Gasteiger partial charge in [0.2, 0.25) is 0 Å². The van der Waals surface area contributed by atoms with Crippen molar-refractivity contribution in [2.45, 2.75) is 13.0 Å². The Morgan fingerprint density at radius 3 is 2.52 bits per heavy atom. The van der Waals surface area contributed by atoms with Crippen LogP contribution in [0.2, 0.25) is 0 Å². The minimum atomic E-state index is -0.515. The van der Waals surface area contributed by atoms with Gasteiger partial charge in [0.1, 0.15) is 17.6 Å². The lowest BCUT2D eigenvalue weighted by atomic mass is 10.1. The Morgan fingerprint density at radius 2 is 1.84 bits per heavy atom. The molecule has 128 valence electrons. The fourth-order valence-corrected chi connectivity index (χ4v) is 2.74. The molecule has 1 heterocycles. The molecular formula is C19H18BrN3O2. The van der Waals surface area contributed by atoms with E-state index in [4.69, 9.17) is 4.74 Å². The molecule has 0 radical (unpaired) electrons. The number of halogens is 1. The molecule has 3 rings (SSSR count). The maximum atomic E-state index is 12.3. The van der Waals surface area contributed by atoms with E-state index in [9.17, 15) is 4.79 Å². The largest absolute Gasteiger partial charge is 0.441 e. The zero-order valence-corrected chi connectivity index (χ0v) is 15.5. The quantitative estimate of drug-likeness (QED) is 0.658. The van der Waals surface area contributed by atoms with Crippen molar-refractivity contribution in [3.05, 3.63) is 71.0 Å². The molecule has 1 N–H and O–H groups in total. The molecule has 0 spiro atoms. The van der Waals surface area contributed by atoms with Gasteiger partial charge in [-0.1, -0.05) is 58.4 Å². The summed E-state index contributed by atoms with van der Waals surface area (Å²) >= 11 is 3.42. The number of anilines is 1. The number of nitrogens with one attached hydrogen (secondary N) is 1. The van der Waals surface area contributed by atoms with Crippen LogP contribution in [-0.2, 0) is 11.8 Å². The van der Waals surface area contributed by atoms with E-state index in [1.54, 1.807) is 10.9 Å². The third-order valence-corrected chi connectivity index (χ3v) is 4.36. The van der Waals surface area contributed by atoms with Crippen LogP contribution in [-0.4, -0.2) is 15.6 Å². The lowest BCUT2D eigenvalue weighted by molar-refractivity contribution is 0.121. The van der Waals surface area contributed by atoms with E-state index < -0.39 is 6.09 Å². The van der Waals surface area contributed by atoms with Gasteiger partial charge in [0, 0.05) is 17.1 Å². The first kappa shape index (κ1) is 17.2. The van der Waals surface area contributed by atoms with Crippen LogP contribution < -0.4 is 5.32 Å². The molecule has 1 atom stereocenters. The molecule has 0 saturated carbocycles. The fourth-order valence-electron chi connectivity index (χ4n) is 2.48. The topological polar surface area (TPSA) is 56.1 Å². The number of hydrogen-bond donors (Lipinski definition) is 1. The molecule has 0 saturated heterocycles. The second-order valence-corrected chi connectivity index (χ2v) is 6.56. The number of carbonyl (C=O) groups excluding carboxylic acids is 1. The SMILES string of the molecule is C[C@@H](OC(=O)Nc1c(-c2ccc(Br)cc2)ncn1C)c1ccccc1. The zero-order chi connectivity index (χ0) is 17.8. The summed E-state index contributed by atoms with van der Waals surface area (Å²) in [5.41, 5.74) is 2.55. The smallest absolute Gasteiger partial charge is 0.413 e. The van der Waals surface area contributed by atoms with Crippen molar-refractivity contribution in [2.75, 3.05) is 5.32 Å². The third-order valence-electron chi connectivity index (χ3n) is 3.83. The van der Waals surface area contributed by atoms with Crippen LogP contribution in [0.1, 0.15) is 18.6 Å². The minimum Gasteiger partial charge on any atom is -0.441 e. The lowest BCUT2D eigenvalue weighted by Gasteiger charge is -2.15. The van der Waals surface area contributed by atoms with E-state index in [0.29, 0.717) is 11.5 Å². The summed E-state index contributed by atoms with van der Waals surface area (Å²) in [7, 11) is 1.82. The molecule has 1 amide bonds. The Balaban J connectivity index is 1.75. The van der Waals surface area contributed by atoms with E-state index in [2.05, 4.69) is 26.2 Å². The molecule has 0 fully saturated rings. The van der Waals surface area contributed by atoms with Crippen LogP contribution in [0.25, 0.3) is 11.3 Å². The number of benzene rings is 2. The molecular weight excluding hydrogens is 382 g/mol. The monoisotopic (exact) mass is 399 g/mol. The summed E-state index contributed by atoms with van der Waals surface area (Å²) in [4.78, 5) is 16.7. The predicted octanol–water partition coefficient (Wildman–Crippen LogP) is 5.16. The number of aromatic nitrogens is 2. The van der Waals surface area contributed by atoms with Gasteiger partial charge in [-0.15, -0.1) is 0 Å². The van der Waals surface area contributed by atoms with Gasteiger partial charge >= 0.3 is 6.09 Å². The van der Waals surface area contributed by atoms with Crippen molar-refractivity contribution in [1.29, 1.82) is 0 Å². The number of imidazole rings is 1. The Labute approximate surface area is 154 Å². The summed E-state index contributed by atoms with van der Waals surface area (Å²) in [5.74, 6) is 0.590. The van der Waals surface area contributed by atoms with Crippen molar-refractivity contribution in [2.24, 2.45) is 7.05 Å². The first-order valence-electron chi connectivity index (χ1n) is 7.84. The summed E-state index contributed by atoms with van der Waals surface area (Å²) in [6, 6.07) is 17.4. The standard InChI is InChI=1S/C19H18BrN3O2/c1-13(14-6-4-3-5-7-14)25-19(24)22-18-17(21-12-23(18)2)15-8-10-16(20)11-9-15/h3-13H,1-2H3,(H,22,24)/t13-/m1/s1. The molecule has 0 unspecified atom stereocenters. The van der Waals surface area contributed by atoms with Crippen LogP contribution in [0.5, 0.6) is 0 Å². The van der Waals surface area contributed by atoms with Gasteiger partial charge in [-0.2, -0.15) is 0 Å². The second kappa shape index (κ2) is 7.53. The minimum absolute atomic E-state index is 0.342. The molecule has 0 aliphatic carbocycles. The van der Waals surface area contributed by atoms with Gasteiger partial charge in [0.05, 0.1) is 6.33 Å². The van der Waals surface area contributed by atoms with Gasteiger partial charge in [0.25, 0.3) is 0 Å². The molecule has 0 bridgehead atoms. The van der Waals surface area contributed by atoms with Crippen molar-refractivity contribution in [3.8, 4) is 11.3 Å². The first-order chi connectivity index (χ1) is 12.0. The highest BCUT2D eigenvalue weighted by Crippen LogP contribution is 2.28. The Bertz CT molecular complexity index is 860. The van der Waals surface area contributed by atoms with Crippen molar-refractivity contribution in [1.82, 2.24) is 9.55 Å². The van der Waals surface area contributed by atoms with E-state index in [0.717, 1.165) is 15.6 Å². The fraction of sp³-hybridized carbons (Fsp3) is 0.158. The Morgan fingerprint density at radius 1 is 1.16 bits per heavy atom. The highest BCUT2D eigenvalue weighted by atomic mass is 79.9. The van der Waals surface area contributed by atoms with Crippen molar-refractivity contribution < 1.29 is 9.53 Å². The number of amides is 1. The molecule has 0 aliphatic rings.